The molecule has 2 aromatic carbocycles. The van der Waals surface area contributed by atoms with Crippen molar-refractivity contribution in [1.29, 1.82) is 0 Å². The van der Waals surface area contributed by atoms with Crippen molar-refractivity contribution in [3.8, 4) is 5.75 Å². The fraction of sp³-hybridized carbons (Fsp3) is 0.240. The first-order chi connectivity index (χ1) is 13.7. The van der Waals surface area contributed by atoms with Crippen LogP contribution in [0.15, 0.2) is 66.8 Å². The Balaban J connectivity index is 1.42. The Bertz CT molecular complexity index is 948. The van der Waals surface area contributed by atoms with Crippen LogP contribution in [0, 0.1) is 0 Å². The molecular formula is C25H24O3. The predicted octanol–water partition coefficient (Wildman–Crippen LogP) is 5.67. The summed E-state index contributed by atoms with van der Waals surface area (Å²) in [6.45, 7) is 0. The number of carbonyl (C=O) groups excluding carboxylic acids is 1. The van der Waals surface area contributed by atoms with E-state index in [4.69, 9.17) is 4.74 Å². The van der Waals surface area contributed by atoms with Crippen molar-refractivity contribution in [1.82, 2.24) is 0 Å². The van der Waals surface area contributed by atoms with Gasteiger partial charge in [-0.2, -0.15) is 0 Å². The first-order valence-corrected chi connectivity index (χ1v) is 9.73. The van der Waals surface area contributed by atoms with Gasteiger partial charge in [0, 0.05) is 12.0 Å². The molecule has 0 spiro atoms. The van der Waals surface area contributed by atoms with Gasteiger partial charge in [-0.15, -0.1) is 0 Å². The number of rotatable bonds is 6. The Hall–Kier alpha value is -3.07. The van der Waals surface area contributed by atoms with Gasteiger partial charge < -0.3 is 9.47 Å². The summed E-state index contributed by atoms with van der Waals surface area (Å²) in [5.41, 5.74) is 6.21. The van der Waals surface area contributed by atoms with E-state index in [1.807, 2.05) is 24.3 Å². The highest BCUT2D eigenvalue weighted by Crippen LogP contribution is 2.35. The van der Waals surface area contributed by atoms with Crippen molar-refractivity contribution in [2.24, 2.45) is 0 Å². The molecule has 1 unspecified atom stereocenters. The van der Waals surface area contributed by atoms with Gasteiger partial charge in [-0.3, -0.25) is 4.79 Å². The molecule has 1 atom stereocenters. The molecule has 3 heteroatoms. The number of allylic oxidation sites excluding steroid dienone is 4. The zero-order valence-corrected chi connectivity index (χ0v) is 16.1. The van der Waals surface area contributed by atoms with Crippen molar-refractivity contribution in [3.05, 3.63) is 89.0 Å². The van der Waals surface area contributed by atoms with Crippen LogP contribution in [0.25, 0.3) is 11.6 Å². The maximum atomic E-state index is 11.3. The highest BCUT2D eigenvalue weighted by Gasteiger charge is 2.20. The Morgan fingerprint density at radius 3 is 2.75 bits per heavy atom. The van der Waals surface area contributed by atoms with Crippen molar-refractivity contribution < 1.29 is 14.3 Å². The Kier molecular flexibility index (Phi) is 5.43. The molecule has 0 aliphatic heterocycles. The van der Waals surface area contributed by atoms with Gasteiger partial charge in [0.2, 0.25) is 0 Å². The van der Waals surface area contributed by atoms with Crippen molar-refractivity contribution >= 4 is 17.6 Å². The third-order valence-corrected chi connectivity index (χ3v) is 5.26. The maximum absolute atomic E-state index is 11.3. The summed E-state index contributed by atoms with van der Waals surface area (Å²) in [4.78, 5) is 11.3. The molecular weight excluding hydrogens is 348 g/mol. The summed E-state index contributed by atoms with van der Waals surface area (Å²) < 4.78 is 10.9. The van der Waals surface area contributed by atoms with Crippen molar-refractivity contribution in [2.45, 2.75) is 31.8 Å². The molecule has 0 amide bonds. The fourth-order valence-electron chi connectivity index (χ4n) is 3.65. The van der Waals surface area contributed by atoms with Crippen molar-refractivity contribution in [3.63, 3.8) is 0 Å². The van der Waals surface area contributed by atoms with Gasteiger partial charge in [-0.25, -0.2) is 0 Å². The van der Waals surface area contributed by atoms with Crippen LogP contribution in [0.4, 0.5) is 0 Å². The number of aryl methyl sites for hydroxylation is 1. The van der Waals surface area contributed by atoms with Crippen LogP contribution in [-0.4, -0.2) is 13.1 Å². The molecule has 28 heavy (non-hydrogen) atoms. The molecule has 0 saturated heterocycles. The Morgan fingerprint density at radius 2 is 2.00 bits per heavy atom. The quantitative estimate of drug-likeness (QED) is 0.613. The minimum Gasteiger partial charge on any atom is -0.482 e. The normalized spacial score (nSPS) is 17.2. The largest absolute Gasteiger partial charge is 0.482 e. The second-order valence-electron chi connectivity index (χ2n) is 7.12. The van der Waals surface area contributed by atoms with Crippen LogP contribution in [-0.2, 0) is 16.0 Å². The van der Waals surface area contributed by atoms with Crippen LogP contribution in [0.2, 0.25) is 0 Å². The average molecular weight is 372 g/mol. The lowest BCUT2D eigenvalue weighted by Gasteiger charge is -2.16. The minimum atomic E-state index is -0.188. The molecule has 2 aromatic rings. The van der Waals surface area contributed by atoms with E-state index in [1.54, 1.807) is 0 Å². The van der Waals surface area contributed by atoms with E-state index >= 15 is 0 Å². The monoisotopic (exact) mass is 372 g/mol. The number of hydrogen-bond acceptors (Lipinski definition) is 3. The number of fused-ring (bicyclic) bond motifs is 1. The maximum Gasteiger partial charge on any atom is 0.305 e. The van der Waals surface area contributed by atoms with E-state index in [0.717, 1.165) is 24.2 Å². The summed E-state index contributed by atoms with van der Waals surface area (Å²) in [6.07, 6.45) is 14.0. The van der Waals surface area contributed by atoms with Crippen LogP contribution < -0.4 is 4.74 Å². The van der Waals surface area contributed by atoms with Gasteiger partial charge in [-0.1, -0.05) is 48.6 Å². The molecule has 0 fully saturated rings. The second-order valence-corrected chi connectivity index (χ2v) is 7.12. The van der Waals surface area contributed by atoms with Crippen molar-refractivity contribution in [2.75, 3.05) is 7.11 Å². The molecule has 2 aliphatic rings. The molecule has 142 valence electrons. The molecule has 3 nitrogen and oxygen atoms in total. The molecule has 4 rings (SSSR count). The third kappa shape index (κ3) is 4.09. The van der Waals surface area contributed by atoms with Crippen LogP contribution >= 0.6 is 0 Å². The number of ether oxygens (including phenoxy) is 2. The van der Waals surface area contributed by atoms with E-state index in [0.29, 0.717) is 12.8 Å². The number of esters is 1. The molecule has 0 radical (unpaired) electrons. The number of benzene rings is 2. The van der Waals surface area contributed by atoms with Gasteiger partial charge in [-0.05, 0) is 65.8 Å². The molecule has 2 aliphatic carbocycles. The van der Waals surface area contributed by atoms with Gasteiger partial charge >= 0.3 is 5.97 Å². The third-order valence-electron chi connectivity index (χ3n) is 5.26. The van der Waals surface area contributed by atoms with E-state index in [1.165, 1.54) is 29.4 Å². The summed E-state index contributed by atoms with van der Waals surface area (Å²) in [7, 11) is 1.42. The number of methoxy groups -OCH3 is 1. The zero-order chi connectivity index (χ0) is 19.3. The average Bonchev–Trinajstić information content (AvgIpc) is 3.15. The molecule has 0 bridgehead atoms. The molecule has 0 N–H and O–H groups in total. The Labute approximate surface area is 166 Å². The van der Waals surface area contributed by atoms with Gasteiger partial charge in [0.15, 0.2) is 0 Å². The summed E-state index contributed by atoms with van der Waals surface area (Å²) in [5.74, 6) is 0.640. The Morgan fingerprint density at radius 1 is 1.14 bits per heavy atom. The first-order valence-electron chi connectivity index (χ1n) is 9.73. The number of hydrogen-bond donors (Lipinski definition) is 0. The fourth-order valence-corrected chi connectivity index (χ4v) is 3.65. The topological polar surface area (TPSA) is 35.5 Å². The van der Waals surface area contributed by atoms with E-state index in [-0.39, 0.29) is 12.1 Å². The lowest BCUT2D eigenvalue weighted by atomic mass is 9.94. The van der Waals surface area contributed by atoms with Gasteiger partial charge in [0.1, 0.15) is 11.9 Å². The summed E-state index contributed by atoms with van der Waals surface area (Å²) >= 11 is 0. The van der Waals surface area contributed by atoms with Gasteiger partial charge in [0.25, 0.3) is 0 Å². The van der Waals surface area contributed by atoms with Crippen LogP contribution in [0.1, 0.15) is 47.6 Å². The van der Waals surface area contributed by atoms with Crippen LogP contribution in [0.3, 0.4) is 0 Å². The summed E-state index contributed by atoms with van der Waals surface area (Å²) in [6, 6.07) is 14.6. The van der Waals surface area contributed by atoms with Gasteiger partial charge in [0.05, 0.1) is 7.11 Å². The highest BCUT2D eigenvalue weighted by atomic mass is 16.5. The molecule has 0 aromatic heterocycles. The summed E-state index contributed by atoms with van der Waals surface area (Å²) in [5, 5.41) is 0. The molecule has 0 saturated carbocycles. The highest BCUT2D eigenvalue weighted by molar-refractivity contribution is 5.73. The first kappa shape index (κ1) is 18.3. The van der Waals surface area contributed by atoms with E-state index < -0.39 is 0 Å². The predicted molar refractivity (Wildman–Crippen MR) is 112 cm³/mol. The minimum absolute atomic E-state index is 0.0646. The van der Waals surface area contributed by atoms with E-state index in [2.05, 4.69) is 53.3 Å². The molecule has 0 heterocycles. The lowest BCUT2D eigenvalue weighted by Crippen LogP contribution is -2.04. The SMILES string of the molecule is COC(=O)CCc1ccc(OC2C=Cc3cc(C4=CC=CCC4)ccc32)cc1. The zero-order valence-electron chi connectivity index (χ0n) is 16.1. The smallest absolute Gasteiger partial charge is 0.305 e. The second kappa shape index (κ2) is 8.30. The van der Waals surface area contributed by atoms with Crippen LogP contribution in [0.5, 0.6) is 5.75 Å². The standard InChI is InChI=1S/C25H24O3/c1-27-25(26)16-9-18-7-12-22(13-8-18)28-24-15-11-21-17-20(10-14-23(21)24)19-5-3-2-4-6-19/h2-3,5,7-8,10-15,17,24H,4,6,9,16H2,1H3. The number of carbonyl (C=O) groups is 1. The van der Waals surface area contributed by atoms with E-state index in [9.17, 15) is 4.79 Å². The lowest BCUT2D eigenvalue weighted by molar-refractivity contribution is -0.140.